The molecule has 10 saturated heterocycles. The van der Waals surface area contributed by atoms with Crippen molar-refractivity contribution in [1.29, 1.82) is 0 Å². The number of aliphatic hydroxyl groups excluding tert-OH is 1. The Bertz CT molecular complexity index is 4940. The number of carbonyl (C=O) groups is 5. The summed E-state index contributed by atoms with van der Waals surface area (Å²) in [5.41, 5.74) is 0.706. The highest BCUT2D eigenvalue weighted by molar-refractivity contribution is 8.00. The van der Waals surface area contributed by atoms with Crippen molar-refractivity contribution in [1.82, 2.24) is 47.3 Å². The van der Waals surface area contributed by atoms with Gasteiger partial charge in [0.2, 0.25) is 56.0 Å². The molecule has 2 amide bonds. The van der Waals surface area contributed by atoms with Crippen molar-refractivity contribution in [2.45, 2.75) is 152 Å². The van der Waals surface area contributed by atoms with E-state index in [4.69, 9.17) is 18.9 Å². The summed E-state index contributed by atoms with van der Waals surface area (Å²) < 4.78 is 156. The number of benzene rings is 5. The van der Waals surface area contributed by atoms with Gasteiger partial charge in [0.15, 0.2) is 17.3 Å². The number of non-ortho nitro benzene ring substituents is 1. The number of ether oxygens (including phenoxy) is 4. The van der Waals surface area contributed by atoms with Gasteiger partial charge in [0, 0.05) is 184 Å². The Labute approximate surface area is 682 Å². The van der Waals surface area contributed by atoms with Crippen LogP contribution < -0.4 is 16.0 Å². The first-order valence-corrected chi connectivity index (χ1v) is 47.2. The van der Waals surface area contributed by atoms with Gasteiger partial charge in [0.25, 0.3) is 11.6 Å². The van der Waals surface area contributed by atoms with Crippen LogP contribution >= 0.6 is 11.8 Å². The van der Waals surface area contributed by atoms with E-state index in [2.05, 4.69) is 16.0 Å². The Morgan fingerprint density at radius 3 is 1.17 bits per heavy atom. The van der Waals surface area contributed by atoms with E-state index in [1.54, 1.807) is 86.3 Å². The van der Waals surface area contributed by atoms with Crippen molar-refractivity contribution in [3.8, 4) is 0 Å². The zero-order valence-corrected chi connectivity index (χ0v) is 70.8. The Morgan fingerprint density at radius 1 is 0.440 bits per heavy atom. The molecule has 10 aliphatic rings. The topological polar surface area (TPSA) is 415 Å². The van der Waals surface area contributed by atoms with Crippen LogP contribution in [-0.2, 0) is 73.9 Å². The lowest BCUT2D eigenvalue weighted by Crippen LogP contribution is -2.55. The van der Waals surface area contributed by atoms with E-state index in [0.29, 0.717) is 145 Å². The summed E-state index contributed by atoms with van der Waals surface area (Å²) in [5.74, 6) is 0.685. The number of hydrogen-bond acceptors (Lipinski definition) is 26. The molecule has 634 valence electrons. The maximum absolute atomic E-state index is 12.8. The SMILES string of the molecule is CC(=O)N1CCSC12CCN(S(=O)(=O)c1ccc([N+](=O)[O-])cc1)CC2.CC(=O)c1ccc(C(=O)N2CCOC23CCNCC3)cc1.CC(=O)c1ccc(S(=O)(=O)N2CCC3(CC2)NCCO3)cc1.CC(=O)c1ccc(S(=O)(=O)N2CCC3(CC2)OCCN3S(C)(=O)=O)cc1.CC(O)c1ccc(S(=O)(=O)N2CCC3(CC2)NCCO3)cc1. The summed E-state index contributed by atoms with van der Waals surface area (Å²) >= 11 is 1.72. The van der Waals surface area contributed by atoms with Crippen LogP contribution in [0.2, 0.25) is 0 Å². The number of thioether (sulfide) groups is 1. The van der Waals surface area contributed by atoms with Gasteiger partial charge in [-0.1, -0.05) is 48.5 Å². The predicted octanol–water partition coefficient (Wildman–Crippen LogP) is 5.60. The highest BCUT2D eigenvalue weighted by Crippen LogP contribution is 2.45. The summed E-state index contributed by atoms with van der Waals surface area (Å²) in [6.45, 7) is 17.7. The molecule has 0 saturated carbocycles. The zero-order chi connectivity index (χ0) is 83.9. The van der Waals surface area contributed by atoms with Crippen molar-refractivity contribution in [2.75, 3.05) is 137 Å². The lowest BCUT2D eigenvalue weighted by molar-refractivity contribution is -0.384. The molecular weight excluding hydrogens is 1620 g/mol. The van der Waals surface area contributed by atoms with Crippen molar-refractivity contribution in [3.05, 3.63) is 159 Å². The number of amides is 2. The van der Waals surface area contributed by atoms with Crippen molar-refractivity contribution < 1.29 is 95.0 Å². The largest absolute Gasteiger partial charge is 0.389 e. The predicted molar refractivity (Wildman–Crippen MR) is 429 cm³/mol. The highest BCUT2D eigenvalue weighted by atomic mass is 32.2. The molecule has 33 nitrogen and oxygen atoms in total. The van der Waals surface area contributed by atoms with Crippen LogP contribution in [0.5, 0.6) is 0 Å². The van der Waals surface area contributed by atoms with Gasteiger partial charge in [0.1, 0.15) is 22.9 Å². The molecule has 0 radical (unpaired) electrons. The third-order valence-corrected chi connectivity index (χ3v) is 33.3. The number of nitrogens with one attached hydrogen (secondary N) is 3. The molecule has 39 heteroatoms. The first kappa shape index (κ1) is 89.8. The third-order valence-electron chi connectivity index (χ3n) is 22.8. The number of nitro benzene ring substituents is 1. The highest BCUT2D eigenvalue weighted by Gasteiger charge is 2.52. The van der Waals surface area contributed by atoms with Crippen LogP contribution in [0.25, 0.3) is 0 Å². The fourth-order valence-electron chi connectivity index (χ4n) is 16.2. The van der Waals surface area contributed by atoms with Crippen LogP contribution in [0, 0.1) is 10.1 Å². The van der Waals surface area contributed by atoms with Gasteiger partial charge < -0.3 is 39.2 Å². The fraction of sp³-hybridized carbons (Fsp3) is 0.545. The second kappa shape index (κ2) is 36.9. The Hall–Kier alpha value is -6.97. The normalized spacial score (nSPS) is 21.8. The van der Waals surface area contributed by atoms with Gasteiger partial charge in [-0.05, 0) is 120 Å². The number of nitrogens with zero attached hydrogens (tertiary/aromatic N) is 8. The second-order valence-electron chi connectivity index (χ2n) is 30.0. The Kier molecular flexibility index (Phi) is 28.6. The summed E-state index contributed by atoms with van der Waals surface area (Å²) in [4.78, 5) is 72.7. The van der Waals surface area contributed by atoms with Crippen LogP contribution in [0.3, 0.4) is 0 Å². The first-order chi connectivity index (χ1) is 54.8. The molecule has 0 bridgehead atoms. The first-order valence-electron chi connectivity index (χ1n) is 38.7. The number of carbonyl (C=O) groups excluding carboxylic acids is 5. The molecule has 10 aliphatic heterocycles. The van der Waals surface area contributed by atoms with Gasteiger partial charge in [-0.25, -0.2) is 42.1 Å². The van der Waals surface area contributed by atoms with E-state index in [-0.39, 0.29) is 103 Å². The minimum atomic E-state index is -3.71. The van der Waals surface area contributed by atoms with Crippen LogP contribution in [-0.4, -0.2) is 277 Å². The molecule has 10 heterocycles. The van der Waals surface area contributed by atoms with Gasteiger partial charge in [-0.2, -0.15) is 21.5 Å². The molecule has 1 unspecified atom stereocenters. The summed E-state index contributed by atoms with van der Waals surface area (Å²) in [5, 5.41) is 30.2. The quantitative estimate of drug-likeness (QED) is 0.0562. The average Bonchev–Trinajstić information content (AvgIpc) is 1.55. The maximum atomic E-state index is 12.8. The minimum Gasteiger partial charge on any atom is -0.389 e. The summed E-state index contributed by atoms with van der Waals surface area (Å²) in [6.07, 6.45) is 6.56. The summed E-state index contributed by atoms with van der Waals surface area (Å²) in [6, 6.07) is 30.2. The average molecular weight is 1730 g/mol. The molecule has 1 atom stereocenters. The molecule has 0 aliphatic carbocycles. The molecule has 5 aromatic carbocycles. The van der Waals surface area contributed by atoms with Gasteiger partial charge >= 0.3 is 0 Å². The van der Waals surface area contributed by atoms with Crippen LogP contribution in [0.15, 0.2) is 141 Å². The van der Waals surface area contributed by atoms with Crippen molar-refractivity contribution >= 4 is 96.7 Å². The number of Topliss-reactive ketones (excluding diaryl/α,β-unsaturated/α-hetero) is 3. The smallest absolute Gasteiger partial charge is 0.269 e. The molecule has 15 rings (SSSR count). The Balaban J connectivity index is 0.000000143. The molecule has 5 aromatic rings. The van der Waals surface area contributed by atoms with Gasteiger partial charge in [0.05, 0.1) is 68.2 Å². The van der Waals surface area contributed by atoms with E-state index in [9.17, 15) is 81.3 Å². The van der Waals surface area contributed by atoms with E-state index >= 15 is 0 Å². The number of ketones is 3. The number of aliphatic hydroxyl groups is 1. The van der Waals surface area contributed by atoms with Gasteiger partial charge in [-0.15, -0.1) is 11.8 Å². The molecule has 0 aromatic heterocycles. The standard InChI is InChI=1S/C16H22N2O6S2.C16H20N2O3.C15H19N3O5S2.C15H22N2O4S.C15H20N2O4S/c1-13(19)14-3-5-15(6-4-14)26(22,23)17-9-7-16(8-10-17)18(11-12-24-16)25(2,20)21;1-12(19)13-2-4-14(5-3-13)15(20)18-10-11-21-16(18)6-8-17-9-7-16;1-12(19)17-10-11-24-15(17)6-8-16(9-7-15)25(22,23)14-4-2-13(3-5-14)18(20)21;2*1-12(18)13-2-4-14(5-3-13)22(19,20)17-9-6-15(7-10-17)16-8-11-21-15/h3-6H,7-12H2,1-2H3;2-5,17H,6-11H2,1H3;2-5H,6-11H2,1H3;2-5,12,16,18H,6-11H2,1H3;2-5,16H,6-11H2,1H3. The number of piperidine rings is 5. The molecule has 5 spiro atoms. The van der Waals surface area contributed by atoms with E-state index in [1.807, 2.05) is 9.80 Å². The molecular formula is C77H103N11O22S6. The monoisotopic (exact) mass is 1730 g/mol. The molecule has 116 heavy (non-hydrogen) atoms. The minimum absolute atomic E-state index is 0.00771. The lowest BCUT2D eigenvalue weighted by atomic mass is 9.99. The van der Waals surface area contributed by atoms with Crippen LogP contribution in [0.4, 0.5) is 5.69 Å². The fourth-order valence-corrected chi connectivity index (χ4v) is 24.7. The third kappa shape index (κ3) is 20.2. The number of nitro groups is 1. The number of sulfonamides is 5. The van der Waals surface area contributed by atoms with Crippen LogP contribution in [0.1, 0.15) is 152 Å². The molecule has 4 N–H and O–H groups in total. The van der Waals surface area contributed by atoms with Gasteiger partial charge in [-0.3, -0.25) is 44.7 Å². The zero-order valence-electron chi connectivity index (χ0n) is 65.9. The Morgan fingerprint density at radius 2 is 0.802 bits per heavy atom. The van der Waals surface area contributed by atoms with Crippen molar-refractivity contribution in [2.24, 2.45) is 0 Å². The number of rotatable bonds is 15. The summed E-state index contributed by atoms with van der Waals surface area (Å²) in [7, 11) is -17.8. The lowest BCUT2D eigenvalue weighted by Gasteiger charge is -2.43. The maximum Gasteiger partial charge on any atom is 0.269 e. The van der Waals surface area contributed by atoms with E-state index in [0.717, 1.165) is 51.0 Å². The number of hydrogen-bond donors (Lipinski definition) is 4. The van der Waals surface area contributed by atoms with E-state index < -0.39 is 72.6 Å². The molecule has 10 fully saturated rings. The second-order valence-corrected chi connectivity index (χ2v) is 41.2. The van der Waals surface area contributed by atoms with Crippen molar-refractivity contribution in [3.63, 3.8) is 0 Å². The van der Waals surface area contributed by atoms with E-state index in [1.165, 1.54) is 103 Å².